The number of anilines is 1. The monoisotopic (exact) mass is 321 g/mol. The van der Waals surface area contributed by atoms with Gasteiger partial charge in [0.05, 0.1) is 6.54 Å². The average molecular weight is 321 g/mol. The summed E-state index contributed by atoms with van der Waals surface area (Å²) in [6.07, 6.45) is 5.56. The Hall–Kier alpha value is -1.87. The van der Waals surface area contributed by atoms with E-state index in [-0.39, 0.29) is 5.91 Å². The fourth-order valence-electron chi connectivity index (χ4n) is 2.74. The van der Waals surface area contributed by atoms with Crippen LogP contribution in [0.3, 0.4) is 0 Å². The van der Waals surface area contributed by atoms with E-state index < -0.39 is 0 Å². The third-order valence-electron chi connectivity index (χ3n) is 3.65. The molecule has 9 heteroatoms. The van der Waals surface area contributed by atoms with Crippen LogP contribution in [-0.4, -0.2) is 55.4 Å². The summed E-state index contributed by atoms with van der Waals surface area (Å²) >= 11 is 1.39. The maximum Gasteiger partial charge on any atom is 0.240 e. The first-order valence-corrected chi connectivity index (χ1v) is 8.15. The number of likely N-dealkylation sites (tertiary alicyclic amines) is 1. The van der Waals surface area contributed by atoms with Crippen LogP contribution < -0.4 is 5.32 Å². The van der Waals surface area contributed by atoms with Crippen molar-refractivity contribution in [1.82, 2.24) is 29.9 Å². The molecule has 22 heavy (non-hydrogen) atoms. The van der Waals surface area contributed by atoms with Gasteiger partial charge < -0.3 is 0 Å². The van der Waals surface area contributed by atoms with E-state index in [0.717, 1.165) is 37.5 Å². The van der Waals surface area contributed by atoms with Gasteiger partial charge in [-0.05, 0) is 32.2 Å². The van der Waals surface area contributed by atoms with Crippen molar-refractivity contribution in [3.8, 4) is 0 Å². The van der Waals surface area contributed by atoms with Crippen molar-refractivity contribution in [1.29, 1.82) is 0 Å². The number of piperidine rings is 1. The van der Waals surface area contributed by atoms with Crippen molar-refractivity contribution in [3.63, 3.8) is 0 Å². The Morgan fingerprint density at radius 3 is 3.14 bits per heavy atom. The predicted molar refractivity (Wildman–Crippen MR) is 82.5 cm³/mol. The summed E-state index contributed by atoms with van der Waals surface area (Å²) in [5.74, 6) is 0.476. The second-order valence-corrected chi connectivity index (χ2v) is 6.72. The number of amides is 1. The molecule has 1 amide bonds. The third kappa shape index (κ3) is 4.08. The number of aryl methyl sites for hydroxylation is 1. The summed E-state index contributed by atoms with van der Waals surface area (Å²) in [5, 5.41) is 16.2. The first-order chi connectivity index (χ1) is 10.7. The zero-order chi connectivity index (χ0) is 15.4. The molecule has 118 valence electrons. The summed E-state index contributed by atoms with van der Waals surface area (Å²) in [5.41, 5.74) is 0. The average Bonchev–Trinajstić information content (AvgIpc) is 3.11. The van der Waals surface area contributed by atoms with E-state index in [9.17, 15) is 4.79 Å². The SMILES string of the molecule is Cc1nnc(NC(=O)CN2CCC[C@H](Cn3cncn3)C2)s1. The van der Waals surface area contributed by atoms with Gasteiger partial charge in [-0.15, -0.1) is 10.2 Å². The van der Waals surface area contributed by atoms with E-state index in [4.69, 9.17) is 0 Å². The largest absolute Gasteiger partial charge is 0.299 e. The van der Waals surface area contributed by atoms with Crippen molar-refractivity contribution >= 4 is 22.4 Å². The molecule has 0 spiro atoms. The van der Waals surface area contributed by atoms with Crippen molar-refractivity contribution in [2.24, 2.45) is 5.92 Å². The van der Waals surface area contributed by atoms with Crippen LogP contribution in [0.15, 0.2) is 12.7 Å². The summed E-state index contributed by atoms with van der Waals surface area (Å²) in [7, 11) is 0. The summed E-state index contributed by atoms with van der Waals surface area (Å²) in [6.45, 7) is 4.98. The van der Waals surface area contributed by atoms with E-state index in [0.29, 0.717) is 17.6 Å². The maximum absolute atomic E-state index is 12.1. The molecule has 3 heterocycles. The zero-order valence-electron chi connectivity index (χ0n) is 12.5. The lowest BCUT2D eigenvalue weighted by Gasteiger charge is -2.31. The van der Waals surface area contributed by atoms with E-state index in [2.05, 4.69) is 30.5 Å². The van der Waals surface area contributed by atoms with E-state index in [1.165, 1.54) is 11.3 Å². The lowest BCUT2D eigenvalue weighted by molar-refractivity contribution is -0.117. The van der Waals surface area contributed by atoms with Crippen LogP contribution in [0, 0.1) is 12.8 Å². The molecule has 1 saturated heterocycles. The zero-order valence-corrected chi connectivity index (χ0v) is 13.3. The highest BCUT2D eigenvalue weighted by Gasteiger charge is 2.22. The highest BCUT2D eigenvalue weighted by atomic mass is 32.1. The molecule has 1 atom stereocenters. The molecular weight excluding hydrogens is 302 g/mol. The molecule has 1 N–H and O–H groups in total. The number of hydrogen-bond acceptors (Lipinski definition) is 7. The van der Waals surface area contributed by atoms with Gasteiger partial charge in [-0.2, -0.15) is 5.10 Å². The van der Waals surface area contributed by atoms with Crippen molar-refractivity contribution < 1.29 is 4.79 Å². The number of rotatable bonds is 5. The highest BCUT2D eigenvalue weighted by molar-refractivity contribution is 7.15. The molecule has 1 fully saturated rings. The lowest BCUT2D eigenvalue weighted by Crippen LogP contribution is -2.41. The minimum absolute atomic E-state index is 0.0300. The highest BCUT2D eigenvalue weighted by Crippen LogP contribution is 2.18. The molecule has 1 aliphatic rings. The topological polar surface area (TPSA) is 88.8 Å². The number of nitrogens with one attached hydrogen (secondary N) is 1. The van der Waals surface area contributed by atoms with Crippen LogP contribution in [0.4, 0.5) is 5.13 Å². The standard InChI is InChI=1S/C13H19N7OS/c1-10-17-18-13(22-10)16-12(21)7-19-4-2-3-11(5-19)6-20-9-14-8-15-20/h8-9,11H,2-7H2,1H3,(H,16,18,21)/t11-/m0/s1. The number of aromatic nitrogens is 5. The molecule has 2 aromatic heterocycles. The number of hydrogen-bond donors (Lipinski definition) is 1. The van der Waals surface area contributed by atoms with Crippen LogP contribution in [0.1, 0.15) is 17.8 Å². The molecule has 0 aromatic carbocycles. The van der Waals surface area contributed by atoms with Gasteiger partial charge in [-0.3, -0.25) is 19.7 Å². The van der Waals surface area contributed by atoms with E-state index >= 15 is 0 Å². The lowest BCUT2D eigenvalue weighted by atomic mass is 9.98. The normalized spacial score (nSPS) is 19.2. The van der Waals surface area contributed by atoms with Crippen LogP contribution in [0.5, 0.6) is 0 Å². The minimum Gasteiger partial charge on any atom is -0.299 e. The molecule has 0 radical (unpaired) electrons. The van der Waals surface area contributed by atoms with Gasteiger partial charge in [0.25, 0.3) is 0 Å². The van der Waals surface area contributed by atoms with Crippen LogP contribution >= 0.6 is 11.3 Å². The van der Waals surface area contributed by atoms with Gasteiger partial charge in [0.1, 0.15) is 17.7 Å². The molecule has 8 nitrogen and oxygen atoms in total. The molecule has 1 aliphatic heterocycles. The predicted octanol–water partition coefficient (Wildman–Crippen LogP) is 0.789. The third-order valence-corrected chi connectivity index (χ3v) is 4.41. The van der Waals surface area contributed by atoms with Gasteiger partial charge in [-0.25, -0.2) is 4.98 Å². The first-order valence-electron chi connectivity index (χ1n) is 7.34. The molecule has 0 saturated carbocycles. The smallest absolute Gasteiger partial charge is 0.240 e. The van der Waals surface area contributed by atoms with E-state index in [1.54, 1.807) is 12.7 Å². The first kappa shape index (κ1) is 15.0. The number of nitrogens with zero attached hydrogens (tertiary/aromatic N) is 6. The van der Waals surface area contributed by atoms with Gasteiger partial charge in [0, 0.05) is 13.1 Å². The quantitative estimate of drug-likeness (QED) is 0.876. The fraction of sp³-hybridized carbons (Fsp3) is 0.615. The summed E-state index contributed by atoms with van der Waals surface area (Å²) in [6, 6.07) is 0. The van der Waals surface area contributed by atoms with Gasteiger partial charge in [0.2, 0.25) is 11.0 Å². The second-order valence-electron chi connectivity index (χ2n) is 5.54. The van der Waals surface area contributed by atoms with Crippen LogP contribution in [-0.2, 0) is 11.3 Å². The Labute approximate surface area is 132 Å². The maximum atomic E-state index is 12.1. The molecular formula is C13H19N7OS. The Balaban J connectivity index is 1.48. The number of carbonyl (C=O) groups is 1. The Kier molecular flexibility index (Phi) is 4.74. The van der Waals surface area contributed by atoms with Crippen LogP contribution in [0.25, 0.3) is 0 Å². The Bertz CT molecular complexity index is 612. The van der Waals surface area contributed by atoms with Crippen molar-refractivity contribution in [2.75, 3.05) is 25.0 Å². The molecule has 0 unspecified atom stereocenters. The number of carbonyl (C=O) groups excluding carboxylic acids is 1. The van der Waals surface area contributed by atoms with Crippen molar-refractivity contribution in [2.45, 2.75) is 26.3 Å². The van der Waals surface area contributed by atoms with Crippen LogP contribution in [0.2, 0.25) is 0 Å². The molecule has 0 bridgehead atoms. The molecule has 3 rings (SSSR count). The van der Waals surface area contributed by atoms with Gasteiger partial charge >= 0.3 is 0 Å². The molecule has 0 aliphatic carbocycles. The molecule has 2 aromatic rings. The minimum atomic E-state index is -0.0300. The summed E-state index contributed by atoms with van der Waals surface area (Å²) in [4.78, 5) is 18.2. The van der Waals surface area contributed by atoms with Gasteiger partial charge in [0.15, 0.2) is 0 Å². The van der Waals surface area contributed by atoms with Crippen molar-refractivity contribution in [3.05, 3.63) is 17.7 Å². The van der Waals surface area contributed by atoms with E-state index in [1.807, 2.05) is 11.6 Å². The fourth-order valence-corrected chi connectivity index (χ4v) is 3.35. The van der Waals surface area contributed by atoms with Gasteiger partial charge in [-0.1, -0.05) is 11.3 Å². The second kappa shape index (κ2) is 6.93. The Morgan fingerprint density at radius 2 is 2.41 bits per heavy atom. The Morgan fingerprint density at radius 1 is 1.50 bits per heavy atom. The summed E-state index contributed by atoms with van der Waals surface area (Å²) < 4.78 is 1.86.